The first-order valence-electron chi connectivity index (χ1n) is 6.30. The van der Waals surface area contributed by atoms with Crippen molar-refractivity contribution in [3.63, 3.8) is 0 Å². The Labute approximate surface area is 100 Å². The van der Waals surface area contributed by atoms with Crippen molar-refractivity contribution in [2.75, 3.05) is 13.2 Å². The molecule has 0 spiro atoms. The van der Waals surface area contributed by atoms with Crippen LogP contribution in [0.25, 0.3) is 0 Å². The summed E-state index contributed by atoms with van der Waals surface area (Å²) in [6.45, 7) is 9.70. The second-order valence-electron chi connectivity index (χ2n) is 4.81. The number of rotatable bonds is 9. The molecule has 0 aromatic rings. The zero-order valence-electron chi connectivity index (χ0n) is 11.2. The Morgan fingerprint density at radius 1 is 1.31 bits per heavy atom. The topological polar surface area (TPSA) is 45.0 Å². The molecule has 0 aliphatic rings. The van der Waals surface area contributed by atoms with Crippen LogP contribution in [0, 0.1) is 11.3 Å². The highest BCUT2D eigenvalue weighted by molar-refractivity contribution is 5.04. The van der Waals surface area contributed by atoms with Crippen LogP contribution in [0.1, 0.15) is 53.4 Å². The van der Waals surface area contributed by atoms with E-state index in [1.807, 2.05) is 6.92 Å². The molecule has 3 nitrogen and oxygen atoms in total. The van der Waals surface area contributed by atoms with Crippen molar-refractivity contribution < 1.29 is 4.74 Å². The van der Waals surface area contributed by atoms with Crippen LogP contribution in [0.5, 0.6) is 0 Å². The maximum Gasteiger partial charge on any atom is 0.106 e. The third-order valence-electron chi connectivity index (χ3n) is 2.49. The van der Waals surface area contributed by atoms with E-state index in [1.54, 1.807) is 0 Å². The summed E-state index contributed by atoms with van der Waals surface area (Å²) in [5, 5.41) is 12.4. The zero-order valence-corrected chi connectivity index (χ0v) is 11.2. The van der Waals surface area contributed by atoms with Gasteiger partial charge < -0.3 is 4.74 Å². The van der Waals surface area contributed by atoms with Crippen LogP contribution in [-0.2, 0) is 4.74 Å². The van der Waals surface area contributed by atoms with Crippen molar-refractivity contribution in [1.82, 2.24) is 5.32 Å². The lowest BCUT2D eigenvalue weighted by atomic mass is 9.99. The summed E-state index contributed by atoms with van der Waals surface area (Å²) in [6.07, 6.45) is 4.30. The number of hydrogen-bond donors (Lipinski definition) is 1. The summed E-state index contributed by atoms with van der Waals surface area (Å²) < 4.78 is 5.52. The van der Waals surface area contributed by atoms with Gasteiger partial charge in [-0.05, 0) is 27.2 Å². The van der Waals surface area contributed by atoms with Crippen LogP contribution in [-0.4, -0.2) is 24.8 Å². The maximum absolute atomic E-state index is 9.11. The Hall–Kier alpha value is -0.590. The van der Waals surface area contributed by atoms with Gasteiger partial charge in [0.05, 0.1) is 6.07 Å². The van der Waals surface area contributed by atoms with Gasteiger partial charge in [-0.2, -0.15) is 5.26 Å². The van der Waals surface area contributed by atoms with Crippen molar-refractivity contribution in [1.29, 1.82) is 5.26 Å². The van der Waals surface area contributed by atoms with E-state index < -0.39 is 5.54 Å². The smallest absolute Gasteiger partial charge is 0.106 e. The van der Waals surface area contributed by atoms with Gasteiger partial charge in [-0.15, -0.1) is 0 Å². The number of unbranched alkanes of at least 4 members (excludes halogenated alkanes) is 2. The number of hydrogen-bond acceptors (Lipinski definition) is 3. The minimum Gasteiger partial charge on any atom is -0.381 e. The van der Waals surface area contributed by atoms with Gasteiger partial charge in [-0.1, -0.05) is 19.8 Å². The van der Waals surface area contributed by atoms with E-state index in [9.17, 15) is 0 Å². The molecule has 0 aromatic heterocycles. The summed E-state index contributed by atoms with van der Waals surface area (Å²) in [5.74, 6) is 0. The van der Waals surface area contributed by atoms with E-state index in [4.69, 9.17) is 10.00 Å². The van der Waals surface area contributed by atoms with Gasteiger partial charge in [0.15, 0.2) is 0 Å². The van der Waals surface area contributed by atoms with Gasteiger partial charge in [-0.3, -0.25) is 5.32 Å². The summed E-state index contributed by atoms with van der Waals surface area (Å²) >= 11 is 0. The fraction of sp³-hybridized carbons (Fsp3) is 0.923. The molecule has 16 heavy (non-hydrogen) atoms. The minimum atomic E-state index is -0.459. The van der Waals surface area contributed by atoms with E-state index >= 15 is 0 Å². The van der Waals surface area contributed by atoms with Crippen molar-refractivity contribution >= 4 is 0 Å². The van der Waals surface area contributed by atoms with Gasteiger partial charge in [0, 0.05) is 25.7 Å². The van der Waals surface area contributed by atoms with Gasteiger partial charge in [0.2, 0.25) is 0 Å². The van der Waals surface area contributed by atoms with Crippen LogP contribution in [0.15, 0.2) is 0 Å². The zero-order chi connectivity index (χ0) is 12.4. The monoisotopic (exact) mass is 226 g/mol. The molecule has 0 fully saturated rings. The van der Waals surface area contributed by atoms with Crippen LogP contribution in [0.4, 0.5) is 0 Å². The fourth-order valence-corrected chi connectivity index (χ4v) is 1.63. The molecule has 0 saturated heterocycles. The van der Waals surface area contributed by atoms with Gasteiger partial charge in [0.1, 0.15) is 5.54 Å². The summed E-state index contributed by atoms with van der Waals surface area (Å²) in [7, 11) is 0. The number of ether oxygens (including phenoxy) is 1. The Morgan fingerprint density at radius 2 is 2.00 bits per heavy atom. The van der Waals surface area contributed by atoms with E-state index in [0.717, 1.165) is 19.4 Å². The third kappa shape index (κ3) is 7.67. The minimum absolute atomic E-state index is 0.324. The molecule has 0 radical (unpaired) electrons. The van der Waals surface area contributed by atoms with Crippen molar-refractivity contribution in [3.05, 3.63) is 0 Å². The van der Waals surface area contributed by atoms with Crippen LogP contribution >= 0.6 is 0 Å². The van der Waals surface area contributed by atoms with E-state index in [1.165, 1.54) is 12.8 Å². The molecule has 1 N–H and O–H groups in total. The molecule has 0 aliphatic carbocycles. The van der Waals surface area contributed by atoms with E-state index in [0.29, 0.717) is 12.6 Å². The van der Waals surface area contributed by atoms with Crippen LogP contribution < -0.4 is 5.32 Å². The molecule has 1 atom stereocenters. The highest BCUT2D eigenvalue weighted by Gasteiger charge is 2.23. The number of nitriles is 1. The second kappa shape index (κ2) is 8.55. The van der Waals surface area contributed by atoms with E-state index in [-0.39, 0.29) is 0 Å². The first-order chi connectivity index (χ1) is 7.54. The molecule has 0 bridgehead atoms. The lowest BCUT2D eigenvalue weighted by Crippen LogP contribution is -2.45. The lowest BCUT2D eigenvalue weighted by molar-refractivity contribution is 0.113. The standard InChI is InChI=1S/C13H26N2O/c1-5-6-7-9-16-10-8-13(4,11-14)15-12(2)3/h12,15H,5-10H2,1-4H3. The Morgan fingerprint density at radius 3 is 2.50 bits per heavy atom. The summed E-state index contributed by atoms with van der Waals surface area (Å²) in [6, 6.07) is 2.64. The normalized spacial score (nSPS) is 14.8. The van der Waals surface area contributed by atoms with Crippen molar-refractivity contribution in [2.45, 2.75) is 65.0 Å². The molecule has 0 rings (SSSR count). The molecule has 1 unspecified atom stereocenters. The third-order valence-corrected chi connectivity index (χ3v) is 2.49. The molecule has 3 heteroatoms. The second-order valence-corrected chi connectivity index (χ2v) is 4.81. The fourth-order valence-electron chi connectivity index (χ4n) is 1.63. The molecule has 0 amide bonds. The lowest BCUT2D eigenvalue weighted by Gasteiger charge is -2.25. The number of nitrogens with one attached hydrogen (secondary N) is 1. The Kier molecular flexibility index (Phi) is 8.23. The van der Waals surface area contributed by atoms with Gasteiger partial charge in [0.25, 0.3) is 0 Å². The van der Waals surface area contributed by atoms with Crippen molar-refractivity contribution in [2.24, 2.45) is 0 Å². The first kappa shape index (κ1) is 15.4. The molecule has 0 saturated carbocycles. The molecular weight excluding hydrogens is 200 g/mol. The maximum atomic E-state index is 9.11. The molecular formula is C13H26N2O. The summed E-state index contributed by atoms with van der Waals surface area (Å²) in [5.41, 5.74) is -0.459. The average Bonchev–Trinajstić information content (AvgIpc) is 2.22. The molecule has 94 valence electrons. The predicted octanol–water partition coefficient (Wildman–Crippen LogP) is 2.86. The van der Waals surface area contributed by atoms with Gasteiger partial charge >= 0.3 is 0 Å². The SMILES string of the molecule is CCCCCOCCC(C)(C#N)NC(C)C. The quantitative estimate of drug-likeness (QED) is 0.615. The van der Waals surface area contributed by atoms with Gasteiger partial charge in [-0.25, -0.2) is 0 Å². The Bertz CT molecular complexity index is 210. The first-order valence-corrected chi connectivity index (χ1v) is 6.30. The molecule has 0 aromatic carbocycles. The van der Waals surface area contributed by atoms with Crippen LogP contribution in [0.3, 0.4) is 0 Å². The number of nitrogens with zero attached hydrogens (tertiary/aromatic N) is 1. The predicted molar refractivity (Wildman–Crippen MR) is 67.3 cm³/mol. The largest absolute Gasteiger partial charge is 0.381 e. The highest BCUT2D eigenvalue weighted by atomic mass is 16.5. The molecule has 0 heterocycles. The van der Waals surface area contributed by atoms with Crippen LogP contribution in [0.2, 0.25) is 0 Å². The van der Waals surface area contributed by atoms with Crippen molar-refractivity contribution in [3.8, 4) is 6.07 Å². The highest BCUT2D eigenvalue weighted by Crippen LogP contribution is 2.09. The average molecular weight is 226 g/mol. The molecule has 0 aliphatic heterocycles. The Balaban J connectivity index is 3.67. The summed E-state index contributed by atoms with van der Waals surface area (Å²) in [4.78, 5) is 0. The van der Waals surface area contributed by atoms with E-state index in [2.05, 4.69) is 32.2 Å².